The summed E-state index contributed by atoms with van der Waals surface area (Å²) >= 11 is 0. The van der Waals surface area contributed by atoms with Crippen LogP contribution in [0.2, 0.25) is 0 Å². The molecule has 0 amide bonds. The molecule has 0 aliphatic carbocycles. The number of ether oxygens (including phenoxy) is 2. The molecule has 0 saturated heterocycles. The summed E-state index contributed by atoms with van der Waals surface area (Å²) in [5, 5.41) is 3.16. The third-order valence-electron chi connectivity index (χ3n) is 2.59. The lowest BCUT2D eigenvalue weighted by Crippen LogP contribution is -3.00. The van der Waals surface area contributed by atoms with Crippen molar-refractivity contribution in [3.8, 4) is 23.3 Å². The summed E-state index contributed by atoms with van der Waals surface area (Å²) in [4.78, 5) is 0. The van der Waals surface area contributed by atoms with E-state index in [0.717, 1.165) is 5.76 Å². The van der Waals surface area contributed by atoms with Gasteiger partial charge in [-0.15, -0.1) is 0 Å². The molecule has 1 heterocycles. The Kier molecular flexibility index (Phi) is 7.88. The zero-order valence-electron chi connectivity index (χ0n) is 11.8. The van der Waals surface area contributed by atoms with E-state index in [2.05, 4.69) is 17.2 Å². The van der Waals surface area contributed by atoms with E-state index in [9.17, 15) is 0 Å². The number of benzene rings is 1. The lowest BCUT2D eigenvalue weighted by atomic mass is 10.3. The lowest BCUT2D eigenvalue weighted by molar-refractivity contribution is -0.00000517. The normalized spacial score (nSPS) is 9.19. The summed E-state index contributed by atoms with van der Waals surface area (Å²) in [6.45, 7) is 1.60. The van der Waals surface area contributed by atoms with Gasteiger partial charge in [-0.2, -0.15) is 0 Å². The number of hydrogen-bond acceptors (Lipinski definition) is 4. The second kappa shape index (κ2) is 9.76. The van der Waals surface area contributed by atoms with Crippen LogP contribution < -0.4 is 27.2 Å². The van der Waals surface area contributed by atoms with Gasteiger partial charge in [-0.25, -0.2) is 0 Å². The molecule has 1 aromatic carbocycles. The zero-order chi connectivity index (χ0) is 14.0. The molecule has 112 valence electrons. The predicted molar refractivity (Wildman–Crippen MR) is 76.7 cm³/mol. The Morgan fingerprint density at radius 1 is 1.10 bits per heavy atom. The van der Waals surface area contributed by atoms with Crippen molar-refractivity contribution in [3.05, 3.63) is 48.4 Å². The van der Waals surface area contributed by atoms with Gasteiger partial charge in [0, 0.05) is 0 Å². The number of furan rings is 1. The van der Waals surface area contributed by atoms with E-state index < -0.39 is 0 Å². The molecular formula is C16H17ClNO3-. The first-order valence-electron chi connectivity index (χ1n) is 6.35. The Bertz CT molecular complexity index is 573. The van der Waals surface area contributed by atoms with E-state index >= 15 is 0 Å². The molecule has 5 heteroatoms. The van der Waals surface area contributed by atoms with Crippen LogP contribution in [0.4, 0.5) is 0 Å². The van der Waals surface area contributed by atoms with Crippen LogP contribution in [-0.2, 0) is 6.54 Å². The Balaban J connectivity index is 0.00000220. The van der Waals surface area contributed by atoms with Crippen LogP contribution in [0.25, 0.3) is 0 Å². The quantitative estimate of drug-likeness (QED) is 0.575. The van der Waals surface area contributed by atoms with Gasteiger partial charge in [0.25, 0.3) is 0 Å². The smallest absolute Gasteiger partial charge is 0.162 e. The number of rotatable bonds is 6. The second-order valence-corrected chi connectivity index (χ2v) is 3.98. The molecule has 2 aromatic rings. The van der Waals surface area contributed by atoms with Crippen LogP contribution in [0, 0.1) is 11.8 Å². The van der Waals surface area contributed by atoms with Gasteiger partial charge in [0.2, 0.25) is 0 Å². The number of hydrogen-bond donors (Lipinski definition) is 1. The zero-order valence-corrected chi connectivity index (χ0v) is 12.5. The molecule has 0 unspecified atom stereocenters. The molecule has 0 radical (unpaired) electrons. The molecule has 0 spiro atoms. The van der Waals surface area contributed by atoms with Gasteiger partial charge in [-0.05, 0) is 24.3 Å². The summed E-state index contributed by atoms with van der Waals surface area (Å²) in [5.74, 6) is 8.25. The molecule has 0 fully saturated rings. The van der Waals surface area contributed by atoms with Crippen LogP contribution in [0.1, 0.15) is 5.76 Å². The van der Waals surface area contributed by atoms with E-state index in [1.54, 1.807) is 13.4 Å². The minimum atomic E-state index is 0. The standard InChI is InChI=1S/C16H17NO3.ClH/c1-18-15-8-2-3-9-16(15)20-11-5-4-10-17-13-14-7-6-12-19-14;/h2-3,6-9,12,17H,10-11,13H2,1H3;1H/p-1. The van der Waals surface area contributed by atoms with Crippen molar-refractivity contribution in [3.63, 3.8) is 0 Å². The fourth-order valence-electron chi connectivity index (χ4n) is 1.63. The van der Waals surface area contributed by atoms with Gasteiger partial charge in [-0.1, -0.05) is 24.0 Å². The SMILES string of the molecule is COc1ccccc1OCC#CCNCc1ccco1.[Cl-]. The highest BCUT2D eigenvalue weighted by Gasteiger charge is 2.00. The van der Waals surface area contributed by atoms with E-state index in [0.29, 0.717) is 31.2 Å². The topological polar surface area (TPSA) is 43.6 Å². The minimum absolute atomic E-state index is 0. The highest BCUT2D eigenvalue weighted by molar-refractivity contribution is 5.39. The summed E-state index contributed by atoms with van der Waals surface area (Å²) < 4.78 is 15.9. The molecule has 1 N–H and O–H groups in total. The minimum Gasteiger partial charge on any atom is -1.00 e. The van der Waals surface area contributed by atoms with E-state index in [1.165, 1.54) is 0 Å². The van der Waals surface area contributed by atoms with Gasteiger partial charge in [0.05, 0.1) is 26.5 Å². The Morgan fingerprint density at radius 3 is 2.62 bits per heavy atom. The summed E-state index contributed by atoms with van der Waals surface area (Å²) in [7, 11) is 1.62. The number of nitrogens with one attached hydrogen (secondary N) is 1. The van der Waals surface area contributed by atoms with Crippen molar-refractivity contribution in [2.75, 3.05) is 20.3 Å². The maximum absolute atomic E-state index is 5.54. The first-order valence-corrected chi connectivity index (χ1v) is 6.35. The van der Waals surface area contributed by atoms with Gasteiger partial charge in [0.15, 0.2) is 11.5 Å². The Hall–Kier alpha value is -2.09. The van der Waals surface area contributed by atoms with Crippen LogP contribution in [0.3, 0.4) is 0 Å². The molecule has 4 nitrogen and oxygen atoms in total. The fraction of sp³-hybridized carbons (Fsp3) is 0.250. The monoisotopic (exact) mass is 306 g/mol. The van der Waals surface area contributed by atoms with Crippen molar-refractivity contribution in [2.24, 2.45) is 0 Å². The van der Waals surface area contributed by atoms with E-state index in [1.807, 2.05) is 36.4 Å². The summed E-state index contributed by atoms with van der Waals surface area (Å²) in [5.41, 5.74) is 0. The van der Waals surface area contributed by atoms with Crippen LogP contribution >= 0.6 is 0 Å². The van der Waals surface area contributed by atoms with Crippen molar-refractivity contribution in [1.29, 1.82) is 0 Å². The summed E-state index contributed by atoms with van der Waals surface area (Å²) in [6, 6.07) is 11.3. The molecule has 0 aliphatic heterocycles. The van der Waals surface area contributed by atoms with Gasteiger partial charge in [-0.3, -0.25) is 5.32 Å². The van der Waals surface area contributed by atoms with Crippen molar-refractivity contribution >= 4 is 0 Å². The molecule has 0 saturated carbocycles. The first-order chi connectivity index (χ1) is 9.90. The Morgan fingerprint density at radius 2 is 1.90 bits per heavy atom. The largest absolute Gasteiger partial charge is 1.00 e. The molecule has 1 aromatic heterocycles. The third kappa shape index (κ3) is 5.82. The predicted octanol–water partition coefficient (Wildman–Crippen LogP) is -0.536. The maximum atomic E-state index is 5.54. The maximum Gasteiger partial charge on any atom is 0.162 e. The average molecular weight is 307 g/mol. The van der Waals surface area contributed by atoms with Gasteiger partial charge >= 0.3 is 0 Å². The highest BCUT2D eigenvalue weighted by Crippen LogP contribution is 2.25. The molecule has 0 atom stereocenters. The highest BCUT2D eigenvalue weighted by atomic mass is 35.5. The lowest BCUT2D eigenvalue weighted by Gasteiger charge is -2.07. The molecule has 21 heavy (non-hydrogen) atoms. The molecular weight excluding hydrogens is 290 g/mol. The second-order valence-electron chi connectivity index (χ2n) is 3.98. The van der Waals surface area contributed by atoms with Crippen LogP contribution in [0.15, 0.2) is 47.1 Å². The van der Waals surface area contributed by atoms with Gasteiger partial charge in [0.1, 0.15) is 12.4 Å². The number of para-hydroxylation sites is 2. The van der Waals surface area contributed by atoms with E-state index in [4.69, 9.17) is 13.9 Å². The molecule has 0 bridgehead atoms. The molecule has 0 aliphatic rings. The average Bonchev–Trinajstić information content (AvgIpc) is 3.00. The number of halogens is 1. The van der Waals surface area contributed by atoms with E-state index in [-0.39, 0.29) is 12.4 Å². The number of methoxy groups -OCH3 is 1. The van der Waals surface area contributed by atoms with Crippen LogP contribution in [-0.4, -0.2) is 20.3 Å². The van der Waals surface area contributed by atoms with Crippen LogP contribution in [0.5, 0.6) is 11.5 Å². The van der Waals surface area contributed by atoms with Crippen molar-refractivity contribution < 1.29 is 26.3 Å². The van der Waals surface area contributed by atoms with Crippen molar-refractivity contribution in [2.45, 2.75) is 6.54 Å². The fourth-order valence-corrected chi connectivity index (χ4v) is 1.63. The first kappa shape index (κ1) is 17.0. The molecule has 2 rings (SSSR count). The van der Waals surface area contributed by atoms with Crippen molar-refractivity contribution in [1.82, 2.24) is 5.32 Å². The Labute approximate surface area is 130 Å². The van der Waals surface area contributed by atoms with Gasteiger partial charge < -0.3 is 26.3 Å². The summed E-state index contributed by atoms with van der Waals surface area (Å²) in [6.07, 6.45) is 1.66. The third-order valence-corrected chi connectivity index (χ3v) is 2.59.